The summed E-state index contributed by atoms with van der Waals surface area (Å²) in [6.07, 6.45) is 4.25. The van der Waals surface area contributed by atoms with Gasteiger partial charge < -0.3 is 8.85 Å². The van der Waals surface area contributed by atoms with Crippen molar-refractivity contribution in [3.63, 3.8) is 0 Å². The molecule has 0 aromatic carbocycles. The molecule has 0 rings (SSSR count). The maximum absolute atomic E-state index is 6.17. The highest BCUT2D eigenvalue weighted by Crippen LogP contribution is 2.15. The second-order valence-electron chi connectivity index (χ2n) is 3.19. The Morgan fingerprint density at radius 2 is 1.57 bits per heavy atom. The zero-order valence-electron chi connectivity index (χ0n) is 9.22. The van der Waals surface area contributed by atoms with Crippen LogP contribution in [0.2, 0.25) is 0 Å². The van der Waals surface area contributed by atoms with Crippen LogP contribution in [0.15, 0.2) is 12.3 Å². The number of halogens is 1. The summed E-state index contributed by atoms with van der Waals surface area (Å²) in [4.78, 5) is 0. The van der Waals surface area contributed by atoms with Gasteiger partial charge in [0, 0.05) is 13.2 Å². The Labute approximate surface area is 93.2 Å². The van der Waals surface area contributed by atoms with E-state index < -0.39 is 7.87 Å². The van der Waals surface area contributed by atoms with Crippen LogP contribution >= 0.6 is 11.1 Å². The zero-order chi connectivity index (χ0) is 10.9. The smallest absolute Gasteiger partial charge is 0.380 e. The van der Waals surface area contributed by atoms with E-state index in [4.69, 9.17) is 19.9 Å². The van der Waals surface area contributed by atoms with Crippen molar-refractivity contribution in [3.05, 3.63) is 12.3 Å². The van der Waals surface area contributed by atoms with Gasteiger partial charge in [0.05, 0.1) is 0 Å². The average Bonchev–Trinajstić information content (AvgIpc) is 2.19. The molecule has 0 aliphatic carbocycles. The maximum Gasteiger partial charge on any atom is 0.470 e. The first-order valence-corrected chi connectivity index (χ1v) is 8.19. The van der Waals surface area contributed by atoms with Crippen molar-refractivity contribution in [1.29, 1.82) is 0 Å². The lowest BCUT2D eigenvalue weighted by atomic mass is 10.4. The lowest BCUT2D eigenvalue weighted by Crippen LogP contribution is -2.34. The molecule has 0 radical (unpaired) electrons. The zero-order valence-corrected chi connectivity index (χ0v) is 11.0. The van der Waals surface area contributed by atoms with Crippen LogP contribution in [0.3, 0.4) is 0 Å². The Hall–Kier alpha value is 0.167. The van der Waals surface area contributed by atoms with Crippen LogP contribution in [0.1, 0.15) is 39.5 Å². The van der Waals surface area contributed by atoms with Crippen LogP contribution in [0.25, 0.3) is 0 Å². The minimum atomic E-state index is -2.56. The lowest BCUT2D eigenvalue weighted by Gasteiger charge is -2.20. The molecule has 0 aliphatic rings. The largest absolute Gasteiger partial charge is 0.470 e. The van der Waals surface area contributed by atoms with Crippen LogP contribution in [-0.2, 0) is 8.85 Å². The van der Waals surface area contributed by atoms with Crippen LogP contribution in [0, 0.1) is 0 Å². The molecule has 14 heavy (non-hydrogen) atoms. The Balaban J connectivity index is 3.73. The fourth-order valence-corrected chi connectivity index (χ4v) is 2.50. The van der Waals surface area contributed by atoms with Crippen molar-refractivity contribution >= 4 is 18.9 Å². The van der Waals surface area contributed by atoms with Crippen LogP contribution in [0.4, 0.5) is 0 Å². The third-order valence-corrected chi connectivity index (χ3v) is 4.64. The number of rotatable bonds is 9. The van der Waals surface area contributed by atoms with Crippen molar-refractivity contribution in [3.8, 4) is 0 Å². The predicted octanol–water partition coefficient (Wildman–Crippen LogP) is 3.52. The van der Waals surface area contributed by atoms with E-state index in [9.17, 15) is 0 Å². The standard InChI is InChI=1S/C10H21ClO2Si/c1-4-7-9-12-14(11,6-3)13-10-8-5-2/h6H,3-5,7-10H2,1-2H3. The highest BCUT2D eigenvalue weighted by atomic mass is 35.6. The second kappa shape index (κ2) is 8.47. The Morgan fingerprint density at radius 1 is 1.14 bits per heavy atom. The third kappa shape index (κ3) is 6.60. The van der Waals surface area contributed by atoms with Crippen LogP contribution in [0.5, 0.6) is 0 Å². The van der Waals surface area contributed by atoms with Gasteiger partial charge in [-0.05, 0) is 18.5 Å². The molecule has 0 atom stereocenters. The fourth-order valence-electron chi connectivity index (χ4n) is 0.871. The minimum Gasteiger partial charge on any atom is -0.380 e. The summed E-state index contributed by atoms with van der Waals surface area (Å²) in [7, 11) is -2.56. The van der Waals surface area contributed by atoms with E-state index in [2.05, 4.69) is 20.4 Å². The van der Waals surface area contributed by atoms with Gasteiger partial charge in [0.1, 0.15) is 0 Å². The quantitative estimate of drug-likeness (QED) is 0.347. The molecular formula is C10H21ClO2Si. The molecule has 0 spiro atoms. The molecule has 0 bridgehead atoms. The molecule has 0 N–H and O–H groups in total. The first-order chi connectivity index (χ1) is 6.68. The average molecular weight is 237 g/mol. The second-order valence-corrected chi connectivity index (χ2v) is 6.92. The number of hydrogen-bond donors (Lipinski definition) is 0. The topological polar surface area (TPSA) is 18.5 Å². The molecule has 0 aromatic heterocycles. The van der Waals surface area contributed by atoms with Gasteiger partial charge in [0.25, 0.3) is 0 Å². The molecule has 84 valence electrons. The summed E-state index contributed by atoms with van der Waals surface area (Å²) in [6.45, 7) is 9.25. The van der Waals surface area contributed by atoms with E-state index in [0.29, 0.717) is 13.2 Å². The van der Waals surface area contributed by atoms with Gasteiger partial charge in [-0.3, -0.25) is 0 Å². The van der Waals surface area contributed by atoms with E-state index in [1.807, 2.05) is 0 Å². The molecule has 0 unspecified atom stereocenters. The van der Waals surface area contributed by atoms with E-state index in [1.165, 1.54) is 0 Å². The molecule has 0 heterocycles. The molecule has 0 aliphatic heterocycles. The van der Waals surface area contributed by atoms with E-state index in [0.717, 1.165) is 25.7 Å². The molecule has 0 aromatic rings. The first kappa shape index (κ1) is 14.2. The van der Waals surface area contributed by atoms with Crippen molar-refractivity contribution < 1.29 is 8.85 Å². The number of hydrogen-bond acceptors (Lipinski definition) is 2. The molecule has 0 fully saturated rings. The van der Waals surface area contributed by atoms with Gasteiger partial charge in [-0.15, -0.1) is 6.58 Å². The number of unbranched alkanes of at least 4 members (excludes halogenated alkanes) is 2. The van der Waals surface area contributed by atoms with Gasteiger partial charge in [0.15, 0.2) is 0 Å². The molecule has 4 heteroatoms. The molecule has 2 nitrogen and oxygen atoms in total. The molecular weight excluding hydrogens is 216 g/mol. The molecule has 0 saturated heterocycles. The van der Waals surface area contributed by atoms with Crippen LogP contribution in [-0.4, -0.2) is 21.1 Å². The van der Waals surface area contributed by atoms with Crippen molar-refractivity contribution in [2.24, 2.45) is 0 Å². The van der Waals surface area contributed by atoms with Gasteiger partial charge in [-0.25, -0.2) is 0 Å². The summed E-state index contributed by atoms with van der Waals surface area (Å²) < 4.78 is 11.1. The van der Waals surface area contributed by atoms with Crippen molar-refractivity contribution in [2.75, 3.05) is 13.2 Å². The van der Waals surface area contributed by atoms with Gasteiger partial charge in [-0.1, -0.05) is 37.8 Å². The van der Waals surface area contributed by atoms with Crippen LogP contribution < -0.4 is 0 Å². The van der Waals surface area contributed by atoms with Gasteiger partial charge >= 0.3 is 7.87 Å². The Morgan fingerprint density at radius 3 is 1.86 bits per heavy atom. The van der Waals surface area contributed by atoms with Crippen molar-refractivity contribution in [2.45, 2.75) is 39.5 Å². The highest BCUT2D eigenvalue weighted by molar-refractivity contribution is 7.15. The van der Waals surface area contributed by atoms with E-state index in [-0.39, 0.29) is 0 Å². The summed E-state index contributed by atoms with van der Waals surface area (Å²) in [6, 6.07) is 0. The molecule has 0 saturated carbocycles. The van der Waals surface area contributed by atoms with E-state index >= 15 is 0 Å². The summed E-state index contributed by atoms with van der Waals surface area (Å²) in [5.74, 6) is 0. The monoisotopic (exact) mass is 236 g/mol. The molecule has 0 amide bonds. The normalized spacial score (nSPS) is 11.6. The SMILES string of the molecule is C=C[Si](Cl)(OCCCC)OCCCC. The predicted molar refractivity (Wildman–Crippen MR) is 63.5 cm³/mol. The van der Waals surface area contributed by atoms with E-state index in [1.54, 1.807) is 5.70 Å². The highest BCUT2D eigenvalue weighted by Gasteiger charge is 2.31. The summed E-state index contributed by atoms with van der Waals surface area (Å²) >= 11 is 6.17. The summed E-state index contributed by atoms with van der Waals surface area (Å²) in [5, 5.41) is 0. The Kier molecular flexibility index (Phi) is 8.57. The summed E-state index contributed by atoms with van der Waals surface area (Å²) in [5.41, 5.74) is 1.64. The fraction of sp³-hybridized carbons (Fsp3) is 0.800. The first-order valence-electron chi connectivity index (χ1n) is 5.29. The third-order valence-electron chi connectivity index (χ3n) is 1.84. The lowest BCUT2D eigenvalue weighted by molar-refractivity contribution is 0.192. The van der Waals surface area contributed by atoms with Gasteiger partial charge in [-0.2, -0.15) is 0 Å². The minimum absolute atomic E-state index is 0.671. The van der Waals surface area contributed by atoms with Gasteiger partial charge in [0.2, 0.25) is 0 Å². The van der Waals surface area contributed by atoms with Crippen molar-refractivity contribution in [1.82, 2.24) is 0 Å². The Bertz CT molecular complexity index is 143. The maximum atomic E-state index is 6.17.